The highest BCUT2D eigenvalue weighted by Crippen LogP contribution is 2.12. The molecular weight excluding hydrogens is 192 g/mol. The Morgan fingerprint density at radius 3 is 3.00 bits per heavy atom. The van der Waals surface area contributed by atoms with E-state index in [0.717, 1.165) is 23.5 Å². The maximum absolute atomic E-state index is 5.37. The lowest BCUT2D eigenvalue weighted by atomic mass is 10.2. The van der Waals surface area contributed by atoms with Crippen LogP contribution >= 0.6 is 12.6 Å². The van der Waals surface area contributed by atoms with Crippen molar-refractivity contribution < 1.29 is 4.74 Å². The van der Waals surface area contributed by atoms with Gasteiger partial charge in [0.2, 0.25) is 0 Å². The van der Waals surface area contributed by atoms with E-state index in [1.54, 1.807) is 0 Å². The van der Waals surface area contributed by atoms with E-state index in [2.05, 4.69) is 24.5 Å². The maximum atomic E-state index is 5.37. The van der Waals surface area contributed by atoms with E-state index < -0.39 is 0 Å². The molecule has 0 bridgehead atoms. The van der Waals surface area contributed by atoms with E-state index in [4.69, 9.17) is 4.74 Å². The summed E-state index contributed by atoms with van der Waals surface area (Å²) in [5, 5.41) is 0. The quantitative estimate of drug-likeness (QED) is 0.591. The summed E-state index contributed by atoms with van der Waals surface area (Å²) >= 11 is 4.09. The zero-order valence-corrected chi connectivity index (χ0v) is 9.18. The second kappa shape index (κ2) is 6.39. The van der Waals surface area contributed by atoms with Gasteiger partial charge in [-0.3, -0.25) is 0 Å². The number of rotatable bonds is 3. The van der Waals surface area contributed by atoms with Crippen LogP contribution in [0.5, 0.6) is 5.75 Å². The number of thiol groups is 1. The molecule has 2 heteroatoms. The summed E-state index contributed by atoms with van der Waals surface area (Å²) in [6.45, 7) is 2.66. The van der Waals surface area contributed by atoms with Gasteiger partial charge >= 0.3 is 0 Å². The van der Waals surface area contributed by atoms with Crippen LogP contribution in [0.15, 0.2) is 24.3 Å². The van der Waals surface area contributed by atoms with Crippen molar-refractivity contribution in [2.75, 3.05) is 12.4 Å². The summed E-state index contributed by atoms with van der Waals surface area (Å²) in [7, 11) is 0. The zero-order valence-electron chi connectivity index (χ0n) is 8.29. The molecule has 0 heterocycles. The Morgan fingerprint density at radius 2 is 2.29 bits per heavy atom. The lowest BCUT2D eigenvalue weighted by molar-refractivity contribution is 0.340. The van der Waals surface area contributed by atoms with E-state index in [0.29, 0.717) is 6.61 Å². The molecule has 0 spiro atoms. The van der Waals surface area contributed by atoms with Crippen LogP contribution in [0.1, 0.15) is 18.9 Å². The predicted octanol–water partition coefficient (Wildman–Crippen LogP) is 2.76. The Balaban J connectivity index is 2.69. The Kier molecular flexibility index (Phi) is 5.03. The van der Waals surface area contributed by atoms with Gasteiger partial charge in [0.05, 0.1) is 6.61 Å². The van der Waals surface area contributed by atoms with Crippen molar-refractivity contribution in [3.05, 3.63) is 29.8 Å². The van der Waals surface area contributed by atoms with Crippen LogP contribution in [0.4, 0.5) is 0 Å². The second-order valence-corrected chi connectivity index (χ2v) is 3.18. The summed E-state index contributed by atoms with van der Waals surface area (Å²) in [4.78, 5) is 0. The largest absolute Gasteiger partial charge is 0.494 e. The molecule has 74 valence electrons. The number of hydrogen-bond donors (Lipinski definition) is 1. The summed E-state index contributed by atoms with van der Waals surface area (Å²) in [6, 6.07) is 7.83. The molecule has 0 amide bonds. The molecule has 1 aromatic carbocycles. The van der Waals surface area contributed by atoms with E-state index in [-0.39, 0.29) is 0 Å². The van der Waals surface area contributed by atoms with E-state index in [1.807, 2.05) is 31.2 Å². The van der Waals surface area contributed by atoms with Crippen LogP contribution < -0.4 is 4.74 Å². The second-order valence-electron chi connectivity index (χ2n) is 2.74. The monoisotopic (exact) mass is 206 g/mol. The van der Waals surface area contributed by atoms with Gasteiger partial charge in [-0.2, -0.15) is 12.6 Å². The topological polar surface area (TPSA) is 9.23 Å². The normalized spacial score (nSPS) is 9.00. The summed E-state index contributed by atoms with van der Waals surface area (Å²) in [5.74, 6) is 7.79. The fraction of sp³-hybridized carbons (Fsp3) is 0.333. The molecule has 0 aliphatic rings. The van der Waals surface area contributed by atoms with Gasteiger partial charge in [-0.1, -0.05) is 17.9 Å². The first-order valence-corrected chi connectivity index (χ1v) is 5.32. The van der Waals surface area contributed by atoms with Gasteiger partial charge in [-0.25, -0.2) is 0 Å². The van der Waals surface area contributed by atoms with Gasteiger partial charge in [0.15, 0.2) is 0 Å². The average molecular weight is 206 g/mol. The van der Waals surface area contributed by atoms with Gasteiger partial charge in [-0.05, 0) is 25.1 Å². The Morgan fingerprint density at radius 1 is 1.43 bits per heavy atom. The molecule has 0 saturated carbocycles. The predicted molar refractivity (Wildman–Crippen MR) is 63.0 cm³/mol. The van der Waals surface area contributed by atoms with E-state index in [1.165, 1.54) is 0 Å². The summed E-state index contributed by atoms with van der Waals surface area (Å²) in [6.07, 6.45) is 0.821. The van der Waals surface area contributed by atoms with Crippen molar-refractivity contribution in [1.29, 1.82) is 0 Å². The zero-order chi connectivity index (χ0) is 10.2. The minimum atomic E-state index is 0.688. The third kappa shape index (κ3) is 3.76. The summed E-state index contributed by atoms with van der Waals surface area (Å²) < 4.78 is 5.37. The maximum Gasteiger partial charge on any atom is 0.120 e. The SMILES string of the molecule is CCOc1cccc(C#CCCS)c1. The van der Waals surface area contributed by atoms with Crippen LogP contribution in [0.2, 0.25) is 0 Å². The molecular formula is C12H14OS. The van der Waals surface area contributed by atoms with Gasteiger partial charge in [-0.15, -0.1) is 0 Å². The lowest BCUT2D eigenvalue weighted by Crippen LogP contribution is -1.91. The minimum Gasteiger partial charge on any atom is -0.494 e. The number of benzene rings is 1. The van der Waals surface area contributed by atoms with E-state index in [9.17, 15) is 0 Å². The fourth-order valence-electron chi connectivity index (χ4n) is 1.05. The van der Waals surface area contributed by atoms with Gasteiger partial charge in [0.25, 0.3) is 0 Å². The van der Waals surface area contributed by atoms with Crippen molar-refractivity contribution in [2.24, 2.45) is 0 Å². The third-order valence-corrected chi connectivity index (χ3v) is 1.84. The molecule has 14 heavy (non-hydrogen) atoms. The molecule has 0 radical (unpaired) electrons. The first-order valence-electron chi connectivity index (χ1n) is 4.69. The number of ether oxygens (including phenoxy) is 1. The first-order chi connectivity index (χ1) is 6.86. The van der Waals surface area contributed by atoms with Crippen molar-refractivity contribution in [2.45, 2.75) is 13.3 Å². The molecule has 1 nitrogen and oxygen atoms in total. The fourth-order valence-corrected chi connectivity index (χ4v) is 1.16. The van der Waals surface area contributed by atoms with Crippen LogP contribution in [0, 0.1) is 11.8 Å². The highest BCUT2D eigenvalue weighted by Gasteiger charge is 1.91. The van der Waals surface area contributed by atoms with Gasteiger partial charge < -0.3 is 4.74 Å². The Bertz CT molecular complexity index is 336. The van der Waals surface area contributed by atoms with Gasteiger partial charge in [0.1, 0.15) is 5.75 Å². The van der Waals surface area contributed by atoms with Gasteiger partial charge in [0, 0.05) is 17.7 Å². The first kappa shape index (κ1) is 11.0. The Labute approximate surface area is 90.9 Å². The molecule has 1 aromatic rings. The molecule has 0 aliphatic carbocycles. The standard InChI is InChI=1S/C12H14OS/c1-2-13-12-8-5-7-11(10-12)6-3-4-9-14/h5,7-8,10,14H,2,4,9H2,1H3. The highest BCUT2D eigenvalue weighted by atomic mass is 32.1. The van der Waals surface area contributed by atoms with Crippen LogP contribution in [-0.4, -0.2) is 12.4 Å². The molecule has 0 aliphatic heterocycles. The Hall–Kier alpha value is -1.07. The van der Waals surface area contributed by atoms with E-state index >= 15 is 0 Å². The molecule has 1 rings (SSSR count). The van der Waals surface area contributed by atoms with Crippen LogP contribution in [0.25, 0.3) is 0 Å². The van der Waals surface area contributed by atoms with Crippen LogP contribution in [0.3, 0.4) is 0 Å². The van der Waals surface area contributed by atoms with Crippen molar-refractivity contribution in [3.63, 3.8) is 0 Å². The third-order valence-electron chi connectivity index (χ3n) is 1.61. The molecule has 0 atom stereocenters. The molecule has 0 fully saturated rings. The average Bonchev–Trinajstić information content (AvgIpc) is 2.19. The number of hydrogen-bond acceptors (Lipinski definition) is 2. The van der Waals surface area contributed by atoms with Crippen molar-refractivity contribution in [1.82, 2.24) is 0 Å². The minimum absolute atomic E-state index is 0.688. The highest BCUT2D eigenvalue weighted by molar-refractivity contribution is 7.80. The van der Waals surface area contributed by atoms with Crippen molar-refractivity contribution >= 4 is 12.6 Å². The summed E-state index contributed by atoms with van der Waals surface area (Å²) in [5.41, 5.74) is 0.998. The van der Waals surface area contributed by atoms with Crippen molar-refractivity contribution in [3.8, 4) is 17.6 Å². The molecule has 0 unspecified atom stereocenters. The van der Waals surface area contributed by atoms with Crippen LogP contribution in [-0.2, 0) is 0 Å². The lowest BCUT2D eigenvalue weighted by Gasteiger charge is -2.01. The molecule has 0 saturated heterocycles. The molecule has 0 aromatic heterocycles. The smallest absolute Gasteiger partial charge is 0.120 e. The molecule has 0 N–H and O–H groups in total.